The van der Waals surface area contributed by atoms with Crippen LogP contribution in [-0.4, -0.2) is 44.5 Å². The largest absolute Gasteiger partial charge is 0.454 e. The van der Waals surface area contributed by atoms with Gasteiger partial charge in [0, 0.05) is 12.6 Å². The first kappa shape index (κ1) is 12.1. The Morgan fingerprint density at radius 3 is 2.89 bits per heavy atom. The van der Waals surface area contributed by atoms with E-state index in [0.29, 0.717) is 19.7 Å². The summed E-state index contributed by atoms with van der Waals surface area (Å²) in [5.41, 5.74) is 1.06. The molecule has 1 saturated heterocycles. The van der Waals surface area contributed by atoms with E-state index in [-0.39, 0.29) is 18.9 Å². The van der Waals surface area contributed by atoms with Gasteiger partial charge in [-0.05, 0) is 24.7 Å². The van der Waals surface area contributed by atoms with Crippen molar-refractivity contribution in [2.24, 2.45) is 0 Å². The van der Waals surface area contributed by atoms with E-state index < -0.39 is 0 Å². The SMILES string of the molecule is CNC(CN1CCOC1=O)c1ccc2c(c1)OCO2. The number of rotatable bonds is 4. The third kappa shape index (κ3) is 2.31. The average Bonchev–Trinajstić information content (AvgIpc) is 3.04. The van der Waals surface area contributed by atoms with E-state index in [1.807, 2.05) is 25.2 Å². The molecule has 0 aliphatic carbocycles. The number of hydrogen-bond acceptors (Lipinski definition) is 5. The highest BCUT2D eigenvalue weighted by molar-refractivity contribution is 5.69. The quantitative estimate of drug-likeness (QED) is 0.883. The van der Waals surface area contributed by atoms with Crippen LogP contribution in [0.2, 0.25) is 0 Å². The lowest BCUT2D eigenvalue weighted by atomic mass is 10.1. The second-order valence-electron chi connectivity index (χ2n) is 4.51. The number of carbonyl (C=O) groups is 1. The molecule has 1 aromatic rings. The van der Waals surface area contributed by atoms with Crippen molar-refractivity contribution in [1.29, 1.82) is 0 Å². The van der Waals surface area contributed by atoms with Crippen LogP contribution in [0.1, 0.15) is 11.6 Å². The Balaban J connectivity index is 1.76. The zero-order valence-electron chi connectivity index (χ0n) is 10.7. The lowest BCUT2D eigenvalue weighted by Gasteiger charge is -2.22. The summed E-state index contributed by atoms with van der Waals surface area (Å²) in [6, 6.07) is 5.87. The molecule has 6 nitrogen and oxygen atoms in total. The number of cyclic esters (lactones) is 1. The second kappa shape index (κ2) is 4.97. The first-order valence-electron chi connectivity index (χ1n) is 6.26. The molecule has 0 aromatic heterocycles. The van der Waals surface area contributed by atoms with Gasteiger partial charge in [-0.2, -0.15) is 0 Å². The van der Waals surface area contributed by atoms with Crippen molar-refractivity contribution in [2.75, 3.05) is 33.5 Å². The van der Waals surface area contributed by atoms with Crippen LogP contribution in [0, 0.1) is 0 Å². The van der Waals surface area contributed by atoms with Gasteiger partial charge in [0.25, 0.3) is 0 Å². The second-order valence-corrected chi connectivity index (χ2v) is 4.51. The molecule has 1 unspecified atom stereocenters. The average molecular weight is 264 g/mol. The van der Waals surface area contributed by atoms with Crippen LogP contribution in [0.3, 0.4) is 0 Å². The third-order valence-corrected chi connectivity index (χ3v) is 3.40. The molecule has 2 aliphatic rings. The molecular weight excluding hydrogens is 248 g/mol. The highest BCUT2D eigenvalue weighted by atomic mass is 16.7. The van der Waals surface area contributed by atoms with Gasteiger partial charge in [0.15, 0.2) is 11.5 Å². The Morgan fingerprint density at radius 2 is 2.16 bits per heavy atom. The maximum Gasteiger partial charge on any atom is 0.410 e. The molecule has 2 heterocycles. The summed E-state index contributed by atoms with van der Waals surface area (Å²) in [6.07, 6.45) is -0.249. The van der Waals surface area contributed by atoms with E-state index in [1.165, 1.54) is 0 Å². The Hall–Kier alpha value is -1.95. The van der Waals surface area contributed by atoms with E-state index in [1.54, 1.807) is 4.90 Å². The van der Waals surface area contributed by atoms with E-state index in [2.05, 4.69) is 5.32 Å². The Kier molecular flexibility index (Phi) is 3.16. The third-order valence-electron chi connectivity index (χ3n) is 3.40. The molecule has 1 amide bonds. The predicted octanol–water partition coefficient (Wildman–Crippen LogP) is 1.13. The van der Waals surface area contributed by atoms with Crippen LogP contribution in [-0.2, 0) is 4.74 Å². The molecule has 19 heavy (non-hydrogen) atoms. The van der Waals surface area contributed by atoms with Crippen LogP contribution < -0.4 is 14.8 Å². The van der Waals surface area contributed by atoms with Crippen molar-refractivity contribution >= 4 is 6.09 Å². The molecular formula is C13H16N2O4. The number of hydrogen-bond donors (Lipinski definition) is 1. The van der Waals surface area contributed by atoms with E-state index in [9.17, 15) is 4.79 Å². The van der Waals surface area contributed by atoms with Gasteiger partial charge in [-0.3, -0.25) is 0 Å². The Bertz CT molecular complexity index is 492. The van der Waals surface area contributed by atoms with Gasteiger partial charge < -0.3 is 24.4 Å². The number of likely N-dealkylation sites (N-methyl/N-ethyl adjacent to an activating group) is 1. The monoisotopic (exact) mass is 264 g/mol. The predicted molar refractivity (Wildman–Crippen MR) is 67.3 cm³/mol. The van der Waals surface area contributed by atoms with Crippen LogP contribution in [0.15, 0.2) is 18.2 Å². The maximum atomic E-state index is 11.5. The van der Waals surface area contributed by atoms with E-state index in [0.717, 1.165) is 17.1 Å². The molecule has 1 atom stereocenters. The molecule has 2 aliphatic heterocycles. The topological polar surface area (TPSA) is 60.0 Å². The van der Waals surface area contributed by atoms with Crippen molar-refractivity contribution < 1.29 is 19.0 Å². The smallest absolute Gasteiger partial charge is 0.410 e. The van der Waals surface area contributed by atoms with E-state index in [4.69, 9.17) is 14.2 Å². The van der Waals surface area contributed by atoms with Crippen LogP contribution in [0.4, 0.5) is 4.79 Å². The van der Waals surface area contributed by atoms with Gasteiger partial charge >= 0.3 is 6.09 Å². The summed E-state index contributed by atoms with van der Waals surface area (Å²) in [5, 5.41) is 3.21. The lowest BCUT2D eigenvalue weighted by molar-refractivity contribution is 0.156. The first-order valence-corrected chi connectivity index (χ1v) is 6.26. The molecule has 0 radical (unpaired) electrons. The summed E-state index contributed by atoms with van der Waals surface area (Å²) in [7, 11) is 1.87. The van der Waals surface area contributed by atoms with Gasteiger partial charge in [0.05, 0.1) is 6.54 Å². The zero-order chi connectivity index (χ0) is 13.2. The van der Waals surface area contributed by atoms with Crippen LogP contribution in [0.25, 0.3) is 0 Å². The minimum Gasteiger partial charge on any atom is -0.454 e. The van der Waals surface area contributed by atoms with Gasteiger partial charge in [-0.15, -0.1) is 0 Å². The summed E-state index contributed by atoms with van der Waals surface area (Å²) in [5.74, 6) is 1.51. The fraction of sp³-hybridized carbons (Fsp3) is 0.462. The number of benzene rings is 1. The fourth-order valence-corrected chi connectivity index (χ4v) is 2.31. The van der Waals surface area contributed by atoms with Crippen molar-refractivity contribution in [2.45, 2.75) is 6.04 Å². The molecule has 0 saturated carbocycles. The zero-order valence-corrected chi connectivity index (χ0v) is 10.7. The van der Waals surface area contributed by atoms with Crippen LogP contribution >= 0.6 is 0 Å². The fourth-order valence-electron chi connectivity index (χ4n) is 2.31. The number of nitrogens with zero attached hydrogens (tertiary/aromatic N) is 1. The normalized spacial score (nSPS) is 18.6. The Labute approximate surface area is 111 Å². The molecule has 1 fully saturated rings. The van der Waals surface area contributed by atoms with Crippen molar-refractivity contribution in [1.82, 2.24) is 10.2 Å². The van der Waals surface area contributed by atoms with Crippen molar-refractivity contribution in [3.8, 4) is 11.5 Å². The molecule has 3 rings (SSSR count). The van der Waals surface area contributed by atoms with Gasteiger partial charge in [0.1, 0.15) is 6.61 Å². The molecule has 6 heteroatoms. The highest BCUT2D eigenvalue weighted by Gasteiger charge is 2.26. The van der Waals surface area contributed by atoms with Gasteiger partial charge in [-0.1, -0.05) is 6.07 Å². The summed E-state index contributed by atoms with van der Waals surface area (Å²) in [4.78, 5) is 13.2. The van der Waals surface area contributed by atoms with Crippen LogP contribution in [0.5, 0.6) is 11.5 Å². The number of fused-ring (bicyclic) bond motifs is 1. The summed E-state index contributed by atoms with van der Waals surface area (Å²) in [6.45, 7) is 1.95. The molecule has 1 aromatic carbocycles. The number of amides is 1. The van der Waals surface area contributed by atoms with Gasteiger partial charge in [-0.25, -0.2) is 4.79 Å². The first-order chi connectivity index (χ1) is 9.28. The lowest BCUT2D eigenvalue weighted by Crippen LogP contribution is -2.34. The van der Waals surface area contributed by atoms with Crippen molar-refractivity contribution in [3.63, 3.8) is 0 Å². The number of ether oxygens (including phenoxy) is 3. The number of nitrogens with one attached hydrogen (secondary N) is 1. The standard InChI is InChI=1S/C13H16N2O4/c1-14-10(7-15-4-5-17-13(15)16)9-2-3-11-12(6-9)19-8-18-11/h2-3,6,10,14H,4-5,7-8H2,1H3. The van der Waals surface area contributed by atoms with E-state index >= 15 is 0 Å². The Morgan fingerprint density at radius 1 is 1.32 bits per heavy atom. The maximum absolute atomic E-state index is 11.5. The molecule has 0 bridgehead atoms. The summed E-state index contributed by atoms with van der Waals surface area (Å²) >= 11 is 0. The molecule has 0 spiro atoms. The van der Waals surface area contributed by atoms with Gasteiger partial charge in [0.2, 0.25) is 6.79 Å². The summed E-state index contributed by atoms with van der Waals surface area (Å²) < 4.78 is 15.6. The molecule has 102 valence electrons. The minimum absolute atomic E-state index is 0.0418. The van der Waals surface area contributed by atoms with Crippen molar-refractivity contribution in [3.05, 3.63) is 23.8 Å². The minimum atomic E-state index is -0.249. The molecule has 1 N–H and O–H groups in total. The highest BCUT2D eigenvalue weighted by Crippen LogP contribution is 2.34. The number of carbonyl (C=O) groups excluding carboxylic acids is 1.